The van der Waals surface area contributed by atoms with Crippen molar-refractivity contribution in [3.05, 3.63) is 53.0 Å². The van der Waals surface area contributed by atoms with Crippen LogP contribution in [0.15, 0.2) is 30.3 Å². The van der Waals surface area contributed by atoms with E-state index in [9.17, 15) is 0 Å². The molecule has 0 saturated heterocycles. The van der Waals surface area contributed by atoms with E-state index in [2.05, 4.69) is 45.2 Å². The van der Waals surface area contributed by atoms with Gasteiger partial charge in [-0.05, 0) is 18.9 Å². The van der Waals surface area contributed by atoms with Crippen LogP contribution in [0.3, 0.4) is 0 Å². The highest BCUT2D eigenvalue weighted by molar-refractivity contribution is 5.33. The Morgan fingerprint density at radius 3 is 2.75 bits per heavy atom. The third kappa shape index (κ3) is 2.65. The molecule has 0 radical (unpaired) electrons. The summed E-state index contributed by atoms with van der Waals surface area (Å²) in [5.41, 5.74) is 3.62. The summed E-state index contributed by atoms with van der Waals surface area (Å²) in [6, 6.07) is 10.6. The van der Waals surface area contributed by atoms with Crippen LogP contribution >= 0.6 is 0 Å². The maximum absolute atomic E-state index is 5.38. The first-order valence-corrected chi connectivity index (χ1v) is 6.93. The SMILES string of the molecule is COc1nc(C)nc2c1CCN(Cc1ccccc1)C2. The highest BCUT2D eigenvalue weighted by Gasteiger charge is 2.22. The van der Waals surface area contributed by atoms with Crippen LogP contribution in [0.5, 0.6) is 5.88 Å². The lowest BCUT2D eigenvalue weighted by atomic mass is 10.1. The van der Waals surface area contributed by atoms with Gasteiger partial charge in [-0.2, -0.15) is 4.98 Å². The monoisotopic (exact) mass is 269 g/mol. The second-order valence-corrected chi connectivity index (χ2v) is 5.15. The third-order valence-corrected chi connectivity index (χ3v) is 3.66. The van der Waals surface area contributed by atoms with Crippen LogP contribution in [0, 0.1) is 6.92 Å². The lowest BCUT2D eigenvalue weighted by Crippen LogP contribution is -2.31. The molecule has 0 spiro atoms. The predicted octanol–water partition coefficient (Wildman–Crippen LogP) is 2.35. The van der Waals surface area contributed by atoms with Crippen molar-refractivity contribution in [1.29, 1.82) is 0 Å². The Hall–Kier alpha value is -1.94. The van der Waals surface area contributed by atoms with Crippen LogP contribution in [0.25, 0.3) is 0 Å². The quantitative estimate of drug-likeness (QED) is 0.857. The van der Waals surface area contributed by atoms with Crippen molar-refractivity contribution in [1.82, 2.24) is 14.9 Å². The minimum absolute atomic E-state index is 0.742. The molecule has 0 amide bonds. The molecule has 0 atom stereocenters. The molecule has 4 nitrogen and oxygen atoms in total. The van der Waals surface area contributed by atoms with E-state index in [0.29, 0.717) is 0 Å². The van der Waals surface area contributed by atoms with E-state index in [4.69, 9.17) is 4.74 Å². The number of benzene rings is 1. The summed E-state index contributed by atoms with van der Waals surface area (Å²) in [7, 11) is 1.68. The van der Waals surface area contributed by atoms with Gasteiger partial charge in [0, 0.05) is 25.2 Å². The summed E-state index contributed by atoms with van der Waals surface area (Å²) < 4.78 is 5.38. The van der Waals surface area contributed by atoms with Gasteiger partial charge < -0.3 is 4.74 Å². The summed E-state index contributed by atoms with van der Waals surface area (Å²) in [6.45, 7) is 4.76. The number of fused-ring (bicyclic) bond motifs is 1. The van der Waals surface area contributed by atoms with Gasteiger partial charge in [0.25, 0.3) is 0 Å². The fourth-order valence-corrected chi connectivity index (χ4v) is 2.71. The molecule has 1 aliphatic rings. The molecule has 1 aromatic heterocycles. The number of aryl methyl sites for hydroxylation is 1. The number of methoxy groups -OCH3 is 1. The molecule has 0 unspecified atom stereocenters. The summed E-state index contributed by atoms with van der Waals surface area (Å²) in [4.78, 5) is 11.4. The van der Waals surface area contributed by atoms with Gasteiger partial charge in [0.15, 0.2) is 0 Å². The van der Waals surface area contributed by atoms with Gasteiger partial charge in [-0.3, -0.25) is 4.90 Å². The molecule has 0 N–H and O–H groups in total. The van der Waals surface area contributed by atoms with Crippen molar-refractivity contribution in [2.24, 2.45) is 0 Å². The van der Waals surface area contributed by atoms with Gasteiger partial charge in [-0.25, -0.2) is 4.98 Å². The molecule has 1 aliphatic heterocycles. The van der Waals surface area contributed by atoms with Crippen molar-refractivity contribution in [2.45, 2.75) is 26.4 Å². The Morgan fingerprint density at radius 2 is 2.00 bits per heavy atom. The molecule has 2 aromatic rings. The normalized spacial score (nSPS) is 14.9. The number of hydrogen-bond donors (Lipinski definition) is 0. The largest absolute Gasteiger partial charge is 0.481 e. The van der Waals surface area contributed by atoms with Gasteiger partial charge >= 0.3 is 0 Å². The number of rotatable bonds is 3. The summed E-state index contributed by atoms with van der Waals surface area (Å²) >= 11 is 0. The number of ether oxygens (including phenoxy) is 1. The van der Waals surface area contributed by atoms with E-state index in [1.165, 1.54) is 11.1 Å². The minimum atomic E-state index is 0.742. The maximum atomic E-state index is 5.38. The van der Waals surface area contributed by atoms with Crippen LogP contribution in [0.4, 0.5) is 0 Å². The number of hydrogen-bond acceptors (Lipinski definition) is 4. The smallest absolute Gasteiger partial charge is 0.219 e. The van der Waals surface area contributed by atoms with E-state index in [1.54, 1.807) is 7.11 Å². The van der Waals surface area contributed by atoms with E-state index >= 15 is 0 Å². The van der Waals surface area contributed by atoms with Gasteiger partial charge in [0.1, 0.15) is 5.82 Å². The Kier molecular flexibility index (Phi) is 3.65. The molecule has 1 aromatic carbocycles. The van der Waals surface area contributed by atoms with Crippen LogP contribution in [-0.4, -0.2) is 28.5 Å². The highest BCUT2D eigenvalue weighted by atomic mass is 16.5. The van der Waals surface area contributed by atoms with Crippen molar-refractivity contribution in [2.75, 3.05) is 13.7 Å². The predicted molar refractivity (Wildman–Crippen MR) is 77.6 cm³/mol. The standard InChI is InChI=1S/C16H19N3O/c1-12-17-15-11-19(10-13-6-4-3-5-7-13)9-8-14(15)16(18-12)20-2/h3-7H,8-11H2,1-2H3. The molecule has 0 fully saturated rings. The Balaban J connectivity index is 1.80. The van der Waals surface area contributed by atoms with Crippen LogP contribution in [-0.2, 0) is 19.5 Å². The average Bonchev–Trinajstić information content (AvgIpc) is 2.47. The lowest BCUT2D eigenvalue weighted by molar-refractivity contribution is 0.237. The maximum Gasteiger partial charge on any atom is 0.219 e. The topological polar surface area (TPSA) is 38.3 Å². The second kappa shape index (κ2) is 5.59. The van der Waals surface area contributed by atoms with Crippen molar-refractivity contribution >= 4 is 0 Å². The zero-order valence-electron chi connectivity index (χ0n) is 12.0. The fourth-order valence-electron chi connectivity index (χ4n) is 2.71. The molecule has 104 valence electrons. The molecular formula is C16H19N3O. The van der Waals surface area contributed by atoms with Gasteiger partial charge in [0.05, 0.1) is 12.8 Å². The van der Waals surface area contributed by atoms with Crippen molar-refractivity contribution in [3.63, 3.8) is 0 Å². The van der Waals surface area contributed by atoms with Crippen LogP contribution < -0.4 is 4.74 Å². The second-order valence-electron chi connectivity index (χ2n) is 5.15. The summed E-state index contributed by atoms with van der Waals surface area (Å²) in [6.07, 6.45) is 0.950. The zero-order valence-corrected chi connectivity index (χ0v) is 12.0. The Bertz CT molecular complexity index is 598. The molecule has 3 rings (SSSR count). The number of nitrogens with zero attached hydrogens (tertiary/aromatic N) is 3. The van der Waals surface area contributed by atoms with Crippen molar-refractivity contribution < 1.29 is 4.74 Å². The molecular weight excluding hydrogens is 250 g/mol. The molecule has 20 heavy (non-hydrogen) atoms. The average molecular weight is 269 g/mol. The van der Waals surface area contributed by atoms with E-state index in [1.807, 2.05) is 6.92 Å². The zero-order chi connectivity index (χ0) is 13.9. The van der Waals surface area contributed by atoms with Crippen LogP contribution in [0.2, 0.25) is 0 Å². The van der Waals surface area contributed by atoms with Gasteiger partial charge in [-0.15, -0.1) is 0 Å². The third-order valence-electron chi connectivity index (χ3n) is 3.66. The van der Waals surface area contributed by atoms with Gasteiger partial charge in [-0.1, -0.05) is 30.3 Å². The minimum Gasteiger partial charge on any atom is -0.481 e. The first-order valence-electron chi connectivity index (χ1n) is 6.93. The number of aromatic nitrogens is 2. The first kappa shape index (κ1) is 13.1. The van der Waals surface area contributed by atoms with E-state index < -0.39 is 0 Å². The Morgan fingerprint density at radius 1 is 1.20 bits per heavy atom. The van der Waals surface area contributed by atoms with E-state index in [0.717, 1.165) is 43.5 Å². The lowest BCUT2D eigenvalue weighted by Gasteiger charge is -2.28. The highest BCUT2D eigenvalue weighted by Crippen LogP contribution is 2.25. The van der Waals surface area contributed by atoms with E-state index in [-0.39, 0.29) is 0 Å². The molecule has 0 aliphatic carbocycles. The Labute approximate surface area is 119 Å². The summed E-state index contributed by atoms with van der Waals surface area (Å²) in [5, 5.41) is 0. The van der Waals surface area contributed by atoms with Gasteiger partial charge in [0.2, 0.25) is 5.88 Å². The molecule has 4 heteroatoms. The molecule has 2 heterocycles. The van der Waals surface area contributed by atoms with Crippen LogP contribution in [0.1, 0.15) is 22.6 Å². The fraction of sp³-hybridized carbons (Fsp3) is 0.375. The summed E-state index contributed by atoms with van der Waals surface area (Å²) in [5.74, 6) is 1.52. The first-order chi connectivity index (χ1) is 9.76. The van der Waals surface area contributed by atoms with Crippen molar-refractivity contribution in [3.8, 4) is 5.88 Å². The molecule has 0 saturated carbocycles. The molecule has 0 bridgehead atoms.